The summed E-state index contributed by atoms with van der Waals surface area (Å²) in [5, 5.41) is 0. The highest BCUT2D eigenvalue weighted by Crippen LogP contribution is 2.22. The van der Waals surface area contributed by atoms with Crippen molar-refractivity contribution in [1.29, 1.82) is 0 Å². The van der Waals surface area contributed by atoms with E-state index in [1.54, 1.807) is 6.08 Å². The van der Waals surface area contributed by atoms with Crippen molar-refractivity contribution >= 4 is 12.0 Å². The largest absolute Gasteiger partial charge is 0.490 e. The molecule has 3 nitrogen and oxygen atoms in total. The van der Waals surface area contributed by atoms with Crippen LogP contribution in [0.4, 0.5) is 0 Å². The maximum absolute atomic E-state index is 11.0. The molecule has 1 aromatic rings. The fourth-order valence-corrected chi connectivity index (χ4v) is 1.36. The van der Waals surface area contributed by atoms with Crippen LogP contribution >= 0.6 is 0 Å². The van der Waals surface area contributed by atoms with Gasteiger partial charge in [-0.05, 0) is 38.5 Å². The van der Waals surface area contributed by atoms with Crippen LogP contribution in [0.2, 0.25) is 0 Å². The van der Waals surface area contributed by atoms with E-state index in [9.17, 15) is 4.79 Å². The average Bonchev–Trinajstić information content (AvgIpc) is 2.26. The average molecular weight is 234 g/mol. The molecular formula is C14H18O3. The zero-order valence-corrected chi connectivity index (χ0v) is 10.7. The molecule has 0 heterocycles. The number of hydrogen-bond acceptors (Lipinski definition) is 3. The Bertz CT molecular complexity index is 419. The van der Waals surface area contributed by atoms with Gasteiger partial charge in [0.2, 0.25) is 0 Å². The van der Waals surface area contributed by atoms with Gasteiger partial charge < -0.3 is 9.47 Å². The first-order valence-electron chi connectivity index (χ1n) is 5.56. The second-order valence-corrected chi connectivity index (χ2v) is 4.06. The molecule has 0 aliphatic heterocycles. The standard InChI is InChI=1S/C14H18O3/c1-10(2)17-13-9-11(3)5-6-12(13)7-8-14(15)16-4/h5-10H,1-4H3/b8-7+. The van der Waals surface area contributed by atoms with E-state index in [0.29, 0.717) is 0 Å². The van der Waals surface area contributed by atoms with E-state index < -0.39 is 0 Å². The van der Waals surface area contributed by atoms with Gasteiger partial charge in [0.25, 0.3) is 0 Å². The van der Waals surface area contributed by atoms with Gasteiger partial charge in [-0.1, -0.05) is 12.1 Å². The summed E-state index contributed by atoms with van der Waals surface area (Å²) in [5.41, 5.74) is 1.99. The predicted octanol–water partition coefficient (Wildman–Crippen LogP) is 2.97. The Morgan fingerprint density at radius 3 is 2.65 bits per heavy atom. The predicted molar refractivity (Wildman–Crippen MR) is 68.0 cm³/mol. The van der Waals surface area contributed by atoms with Gasteiger partial charge in [0.05, 0.1) is 13.2 Å². The molecule has 1 rings (SSSR count). The number of esters is 1. The van der Waals surface area contributed by atoms with Gasteiger partial charge in [-0.3, -0.25) is 0 Å². The third-order valence-electron chi connectivity index (χ3n) is 2.13. The minimum absolute atomic E-state index is 0.0991. The first kappa shape index (κ1) is 13.3. The molecule has 1 aromatic carbocycles. The first-order valence-corrected chi connectivity index (χ1v) is 5.56. The van der Waals surface area contributed by atoms with E-state index in [0.717, 1.165) is 16.9 Å². The van der Waals surface area contributed by atoms with Crippen LogP contribution in [0.15, 0.2) is 24.3 Å². The monoisotopic (exact) mass is 234 g/mol. The molecule has 0 aliphatic carbocycles. The minimum Gasteiger partial charge on any atom is -0.490 e. The zero-order chi connectivity index (χ0) is 12.8. The molecule has 3 heteroatoms. The molecule has 0 spiro atoms. The minimum atomic E-state index is -0.374. The molecule has 17 heavy (non-hydrogen) atoms. The summed E-state index contributed by atoms with van der Waals surface area (Å²) in [6, 6.07) is 5.85. The van der Waals surface area contributed by atoms with Crippen molar-refractivity contribution in [2.75, 3.05) is 7.11 Å². The van der Waals surface area contributed by atoms with E-state index in [-0.39, 0.29) is 12.1 Å². The summed E-state index contributed by atoms with van der Waals surface area (Å²) < 4.78 is 10.2. The molecule has 0 fully saturated rings. The van der Waals surface area contributed by atoms with Crippen molar-refractivity contribution in [2.45, 2.75) is 26.9 Å². The Kier molecular flexibility index (Phi) is 4.76. The second kappa shape index (κ2) is 6.09. The maximum Gasteiger partial charge on any atom is 0.330 e. The van der Waals surface area contributed by atoms with Gasteiger partial charge in [-0.15, -0.1) is 0 Å². The second-order valence-electron chi connectivity index (χ2n) is 4.06. The van der Waals surface area contributed by atoms with Gasteiger partial charge in [0, 0.05) is 11.6 Å². The Hall–Kier alpha value is -1.77. The molecule has 0 saturated carbocycles. The van der Waals surface area contributed by atoms with Crippen molar-refractivity contribution in [1.82, 2.24) is 0 Å². The third kappa shape index (κ3) is 4.31. The van der Waals surface area contributed by atoms with E-state index in [1.807, 2.05) is 39.0 Å². The Labute approximate surface area is 102 Å². The lowest BCUT2D eigenvalue weighted by Crippen LogP contribution is -2.06. The highest BCUT2D eigenvalue weighted by molar-refractivity contribution is 5.87. The summed E-state index contributed by atoms with van der Waals surface area (Å²) >= 11 is 0. The molecule has 92 valence electrons. The lowest BCUT2D eigenvalue weighted by atomic mass is 10.1. The van der Waals surface area contributed by atoms with Crippen molar-refractivity contribution in [3.05, 3.63) is 35.4 Å². The molecule has 0 atom stereocenters. The molecular weight excluding hydrogens is 216 g/mol. The number of aryl methyl sites for hydroxylation is 1. The Balaban J connectivity index is 2.97. The number of ether oxygens (including phenoxy) is 2. The molecule has 0 radical (unpaired) electrons. The van der Waals surface area contributed by atoms with E-state index in [2.05, 4.69) is 4.74 Å². The number of carbonyl (C=O) groups is 1. The quantitative estimate of drug-likeness (QED) is 0.593. The Morgan fingerprint density at radius 1 is 1.35 bits per heavy atom. The van der Waals surface area contributed by atoms with Crippen molar-refractivity contribution in [2.24, 2.45) is 0 Å². The molecule has 0 N–H and O–H groups in total. The molecule has 0 aliphatic rings. The summed E-state index contributed by atoms with van der Waals surface area (Å²) in [5.74, 6) is 0.404. The van der Waals surface area contributed by atoms with Gasteiger partial charge >= 0.3 is 5.97 Å². The lowest BCUT2D eigenvalue weighted by Gasteiger charge is -2.13. The van der Waals surface area contributed by atoms with Crippen LogP contribution in [-0.2, 0) is 9.53 Å². The first-order chi connectivity index (χ1) is 8.02. The van der Waals surface area contributed by atoms with Crippen LogP contribution in [0, 0.1) is 6.92 Å². The summed E-state index contributed by atoms with van der Waals surface area (Å²) in [7, 11) is 1.35. The number of carbonyl (C=O) groups excluding carboxylic acids is 1. The van der Waals surface area contributed by atoms with Crippen LogP contribution in [0.1, 0.15) is 25.0 Å². The molecule has 0 aromatic heterocycles. The summed E-state index contributed by atoms with van der Waals surface area (Å²) in [6.07, 6.45) is 3.18. The van der Waals surface area contributed by atoms with Crippen LogP contribution < -0.4 is 4.74 Å². The molecule has 0 bridgehead atoms. The van der Waals surface area contributed by atoms with Crippen molar-refractivity contribution in [3.63, 3.8) is 0 Å². The topological polar surface area (TPSA) is 35.5 Å². The summed E-state index contributed by atoms with van der Waals surface area (Å²) in [4.78, 5) is 11.0. The van der Waals surface area contributed by atoms with Crippen LogP contribution in [-0.4, -0.2) is 19.2 Å². The molecule has 0 saturated heterocycles. The zero-order valence-electron chi connectivity index (χ0n) is 10.7. The van der Waals surface area contributed by atoms with Gasteiger partial charge in [0.1, 0.15) is 5.75 Å². The molecule has 0 unspecified atom stereocenters. The third-order valence-corrected chi connectivity index (χ3v) is 2.13. The summed E-state index contributed by atoms with van der Waals surface area (Å²) in [6.45, 7) is 5.94. The van der Waals surface area contributed by atoms with E-state index >= 15 is 0 Å². The number of hydrogen-bond donors (Lipinski definition) is 0. The fraction of sp³-hybridized carbons (Fsp3) is 0.357. The van der Waals surface area contributed by atoms with E-state index in [1.165, 1.54) is 13.2 Å². The smallest absolute Gasteiger partial charge is 0.330 e. The van der Waals surface area contributed by atoms with Crippen molar-refractivity contribution in [3.8, 4) is 5.75 Å². The highest BCUT2D eigenvalue weighted by Gasteiger charge is 2.04. The fourth-order valence-electron chi connectivity index (χ4n) is 1.36. The highest BCUT2D eigenvalue weighted by atomic mass is 16.5. The SMILES string of the molecule is COC(=O)/C=C/c1ccc(C)cc1OC(C)C. The molecule has 0 amide bonds. The normalized spacial score (nSPS) is 10.9. The van der Waals surface area contributed by atoms with Crippen LogP contribution in [0.25, 0.3) is 6.08 Å². The lowest BCUT2D eigenvalue weighted by molar-refractivity contribution is -0.134. The number of rotatable bonds is 4. The Morgan fingerprint density at radius 2 is 2.06 bits per heavy atom. The van der Waals surface area contributed by atoms with E-state index in [4.69, 9.17) is 4.74 Å². The van der Waals surface area contributed by atoms with Gasteiger partial charge in [-0.2, -0.15) is 0 Å². The van der Waals surface area contributed by atoms with Gasteiger partial charge in [0.15, 0.2) is 0 Å². The van der Waals surface area contributed by atoms with Crippen LogP contribution in [0.3, 0.4) is 0 Å². The number of benzene rings is 1. The maximum atomic E-state index is 11.0. The van der Waals surface area contributed by atoms with Crippen LogP contribution in [0.5, 0.6) is 5.75 Å². The number of methoxy groups -OCH3 is 1. The van der Waals surface area contributed by atoms with Crippen molar-refractivity contribution < 1.29 is 14.3 Å². The van der Waals surface area contributed by atoms with Gasteiger partial charge in [-0.25, -0.2) is 4.79 Å².